The number of esters is 6. The lowest BCUT2D eigenvalue weighted by Gasteiger charge is -2.44. The highest BCUT2D eigenvalue weighted by atomic mass is 16.6. The summed E-state index contributed by atoms with van der Waals surface area (Å²) in [5, 5.41) is 0. The van der Waals surface area contributed by atoms with E-state index in [9.17, 15) is 28.8 Å². The molecule has 1 aliphatic rings. The van der Waals surface area contributed by atoms with Crippen molar-refractivity contribution in [2.45, 2.75) is 84.2 Å². The van der Waals surface area contributed by atoms with E-state index in [-0.39, 0.29) is 18.1 Å². The molecule has 0 N–H and O–H groups in total. The van der Waals surface area contributed by atoms with Gasteiger partial charge in [-0.1, -0.05) is 19.4 Å². The van der Waals surface area contributed by atoms with Crippen molar-refractivity contribution in [1.82, 2.24) is 0 Å². The third-order valence-electron chi connectivity index (χ3n) is 5.98. The smallest absolute Gasteiger partial charge is 0.350 e. The Bertz CT molecular complexity index is 1180. The monoisotopic (exact) mass is 592 g/mol. The molecule has 0 aromatic heterocycles. The summed E-state index contributed by atoms with van der Waals surface area (Å²) in [6.07, 6.45) is -1.13. The van der Waals surface area contributed by atoms with Crippen LogP contribution in [-0.2, 0) is 52.5 Å². The molecule has 0 saturated heterocycles. The van der Waals surface area contributed by atoms with Gasteiger partial charge in [-0.2, -0.15) is 0 Å². The first-order chi connectivity index (χ1) is 19.8. The second-order valence-corrected chi connectivity index (χ2v) is 9.52. The molecule has 1 aliphatic carbocycles. The third kappa shape index (κ3) is 9.89. The summed E-state index contributed by atoms with van der Waals surface area (Å²) >= 11 is 0. The molecule has 1 aromatic carbocycles. The fraction of sp³-hybridized carbons (Fsp3) is 0.517. The predicted molar refractivity (Wildman–Crippen MR) is 144 cm³/mol. The summed E-state index contributed by atoms with van der Waals surface area (Å²) in [5.41, 5.74) is -1.49. The standard InChI is InChI=1S/C29H36O13/c1-7-8-13-37-28(35)29(42-20(5)33)15-24(39-18(3)31)27(25(16-29)40-19(4)32)41-26(34)12-10-21-9-11-22(38-17(2)30)23(14-21)36-6/h9-12,14,24-25,27H,7-8,13,15-16H2,1-6H3/b12-10+. The topological polar surface area (TPSA) is 167 Å². The van der Waals surface area contributed by atoms with E-state index in [0.717, 1.165) is 33.3 Å². The summed E-state index contributed by atoms with van der Waals surface area (Å²) in [6, 6.07) is 4.56. The van der Waals surface area contributed by atoms with E-state index in [1.807, 2.05) is 6.92 Å². The van der Waals surface area contributed by atoms with E-state index in [2.05, 4.69) is 0 Å². The zero-order chi connectivity index (χ0) is 31.4. The number of carbonyl (C=O) groups is 6. The molecule has 1 saturated carbocycles. The van der Waals surface area contributed by atoms with E-state index >= 15 is 0 Å². The average Bonchev–Trinajstić information content (AvgIpc) is 2.88. The van der Waals surface area contributed by atoms with E-state index in [0.29, 0.717) is 12.0 Å². The SMILES string of the molecule is CCCCOC(=O)C1(OC(C)=O)CC(OC(C)=O)C(OC(=O)/C=C/c2ccc(OC(C)=O)c(OC)c2)C(OC(C)=O)C1. The van der Waals surface area contributed by atoms with Crippen LogP contribution < -0.4 is 9.47 Å². The van der Waals surface area contributed by atoms with Gasteiger partial charge in [0.2, 0.25) is 5.60 Å². The van der Waals surface area contributed by atoms with Crippen LogP contribution in [0.25, 0.3) is 6.08 Å². The number of carbonyl (C=O) groups excluding carboxylic acids is 6. The van der Waals surface area contributed by atoms with Gasteiger partial charge in [-0.3, -0.25) is 19.2 Å². The first-order valence-electron chi connectivity index (χ1n) is 13.3. The Kier molecular flexibility index (Phi) is 12.5. The number of unbranched alkanes of at least 4 members (excludes halogenated alkanes) is 1. The quantitative estimate of drug-likeness (QED) is 0.114. The summed E-state index contributed by atoms with van der Waals surface area (Å²) in [7, 11) is 1.38. The van der Waals surface area contributed by atoms with Gasteiger partial charge in [-0.15, -0.1) is 0 Å². The number of methoxy groups -OCH3 is 1. The van der Waals surface area contributed by atoms with Crippen molar-refractivity contribution < 1.29 is 61.9 Å². The van der Waals surface area contributed by atoms with Gasteiger partial charge >= 0.3 is 35.8 Å². The molecule has 13 nitrogen and oxygen atoms in total. The molecule has 0 spiro atoms. The molecule has 0 radical (unpaired) electrons. The predicted octanol–water partition coefficient (Wildman–Crippen LogP) is 2.85. The van der Waals surface area contributed by atoms with Crippen LogP contribution in [0, 0.1) is 0 Å². The summed E-state index contributed by atoms with van der Waals surface area (Å²) in [5.74, 6) is -4.30. The minimum Gasteiger partial charge on any atom is -0.493 e. The van der Waals surface area contributed by atoms with Gasteiger partial charge in [0.15, 0.2) is 17.6 Å². The maximum absolute atomic E-state index is 13.2. The van der Waals surface area contributed by atoms with Crippen LogP contribution in [0.15, 0.2) is 24.3 Å². The lowest BCUT2D eigenvalue weighted by Crippen LogP contribution is -2.61. The Labute approximate surface area is 243 Å². The van der Waals surface area contributed by atoms with E-state index < -0.39 is 72.6 Å². The van der Waals surface area contributed by atoms with Gasteiger partial charge in [0.25, 0.3) is 0 Å². The van der Waals surface area contributed by atoms with Crippen LogP contribution in [0.4, 0.5) is 0 Å². The third-order valence-corrected chi connectivity index (χ3v) is 5.98. The van der Waals surface area contributed by atoms with Crippen molar-refractivity contribution in [3.05, 3.63) is 29.8 Å². The first-order valence-corrected chi connectivity index (χ1v) is 13.3. The molecule has 0 amide bonds. The molecule has 0 aliphatic heterocycles. The molecule has 2 unspecified atom stereocenters. The molecule has 1 aromatic rings. The minimum atomic E-state index is -1.97. The van der Waals surface area contributed by atoms with Crippen LogP contribution in [0.5, 0.6) is 11.5 Å². The van der Waals surface area contributed by atoms with Gasteiger partial charge in [0, 0.05) is 46.6 Å². The second kappa shape index (κ2) is 15.5. The van der Waals surface area contributed by atoms with Crippen molar-refractivity contribution in [3.63, 3.8) is 0 Å². The Morgan fingerprint density at radius 1 is 0.857 bits per heavy atom. The van der Waals surface area contributed by atoms with E-state index in [4.69, 9.17) is 33.2 Å². The molecule has 42 heavy (non-hydrogen) atoms. The maximum atomic E-state index is 13.2. The number of hydrogen-bond donors (Lipinski definition) is 0. The minimum absolute atomic E-state index is 0.0463. The van der Waals surface area contributed by atoms with Gasteiger partial charge in [0.1, 0.15) is 12.2 Å². The lowest BCUT2D eigenvalue weighted by atomic mass is 9.78. The Morgan fingerprint density at radius 2 is 1.48 bits per heavy atom. The molecule has 1 fully saturated rings. The Morgan fingerprint density at radius 3 is 1.98 bits per heavy atom. The molecule has 230 valence electrons. The Hall–Kier alpha value is -4.42. The van der Waals surface area contributed by atoms with Crippen molar-refractivity contribution in [2.75, 3.05) is 13.7 Å². The van der Waals surface area contributed by atoms with E-state index in [1.165, 1.54) is 32.2 Å². The maximum Gasteiger partial charge on any atom is 0.350 e. The van der Waals surface area contributed by atoms with Crippen molar-refractivity contribution in [3.8, 4) is 11.5 Å². The molecule has 0 bridgehead atoms. The van der Waals surface area contributed by atoms with Gasteiger partial charge in [-0.05, 0) is 30.2 Å². The zero-order valence-corrected chi connectivity index (χ0v) is 24.5. The van der Waals surface area contributed by atoms with Gasteiger partial charge in [0.05, 0.1) is 13.7 Å². The van der Waals surface area contributed by atoms with Gasteiger partial charge in [-0.25, -0.2) is 9.59 Å². The van der Waals surface area contributed by atoms with Crippen LogP contribution in [0.2, 0.25) is 0 Å². The molecule has 13 heteroatoms. The summed E-state index contributed by atoms with van der Waals surface area (Å²) < 4.78 is 37.4. The normalized spacial score (nSPS) is 21.5. The highest BCUT2D eigenvalue weighted by Gasteiger charge is 2.58. The average molecular weight is 593 g/mol. The largest absolute Gasteiger partial charge is 0.493 e. The second-order valence-electron chi connectivity index (χ2n) is 9.52. The van der Waals surface area contributed by atoms with Crippen LogP contribution in [0.3, 0.4) is 0 Å². The molecular weight excluding hydrogens is 556 g/mol. The van der Waals surface area contributed by atoms with Crippen molar-refractivity contribution in [1.29, 1.82) is 0 Å². The first kappa shape index (κ1) is 33.8. The summed E-state index contributed by atoms with van der Waals surface area (Å²) in [4.78, 5) is 73.4. The van der Waals surface area contributed by atoms with E-state index in [1.54, 1.807) is 6.07 Å². The fourth-order valence-electron chi connectivity index (χ4n) is 4.37. The highest BCUT2D eigenvalue weighted by molar-refractivity contribution is 5.88. The fourth-order valence-corrected chi connectivity index (χ4v) is 4.37. The van der Waals surface area contributed by atoms with Crippen LogP contribution in [-0.4, -0.2) is 73.4 Å². The molecular formula is C29H36O13. The van der Waals surface area contributed by atoms with Crippen molar-refractivity contribution >= 4 is 41.9 Å². The molecule has 0 heterocycles. The highest BCUT2D eigenvalue weighted by Crippen LogP contribution is 2.38. The van der Waals surface area contributed by atoms with Crippen molar-refractivity contribution in [2.24, 2.45) is 0 Å². The number of ether oxygens (including phenoxy) is 7. The number of hydrogen-bond acceptors (Lipinski definition) is 13. The molecule has 2 atom stereocenters. The van der Waals surface area contributed by atoms with Gasteiger partial charge < -0.3 is 33.2 Å². The number of benzene rings is 1. The zero-order valence-electron chi connectivity index (χ0n) is 24.5. The van der Waals surface area contributed by atoms with Crippen LogP contribution in [0.1, 0.15) is 65.9 Å². The number of rotatable bonds is 12. The summed E-state index contributed by atoms with van der Waals surface area (Å²) in [6.45, 7) is 6.48. The van der Waals surface area contributed by atoms with Crippen LogP contribution >= 0.6 is 0 Å². The lowest BCUT2D eigenvalue weighted by molar-refractivity contribution is -0.222. The molecule has 2 rings (SSSR count). The Balaban J connectivity index is 2.38.